The number of ether oxygens (including phenoxy) is 1. The van der Waals surface area contributed by atoms with Crippen LogP contribution in [0.2, 0.25) is 0 Å². The van der Waals surface area contributed by atoms with E-state index in [1.807, 2.05) is 84.9 Å². The molecule has 0 aliphatic heterocycles. The van der Waals surface area contributed by atoms with Crippen molar-refractivity contribution in [1.29, 1.82) is 0 Å². The maximum atomic E-state index is 13.1. The third kappa shape index (κ3) is 4.40. The minimum Gasteiger partial charge on any atom is -0.484 e. The van der Waals surface area contributed by atoms with Crippen molar-refractivity contribution in [3.63, 3.8) is 0 Å². The molecular weight excluding hydrogens is 390 g/mol. The molecule has 132 valence electrons. The number of rotatable bonds is 7. The lowest BCUT2D eigenvalue weighted by molar-refractivity contribution is 0.0819. The molecule has 1 N–H and O–H groups in total. The summed E-state index contributed by atoms with van der Waals surface area (Å²) in [5.74, 6) is 0.721. The molecule has 0 aliphatic rings. The fourth-order valence-electron chi connectivity index (χ4n) is 2.83. The Bertz CT molecular complexity index is 835. The summed E-state index contributed by atoms with van der Waals surface area (Å²) in [4.78, 5) is 13.1. The molecule has 2 atom stereocenters. The lowest BCUT2D eigenvalue weighted by atomic mass is 9.94. The topological polar surface area (TPSA) is 38.3 Å². The number of likely N-dealkylation sites (N-methyl/N-ethyl adjacent to an activating group) is 1. The molecule has 3 aromatic rings. The molecule has 3 rings (SSSR count). The van der Waals surface area contributed by atoms with Crippen LogP contribution < -0.4 is 10.1 Å². The summed E-state index contributed by atoms with van der Waals surface area (Å²) in [6.45, 7) is 0. The van der Waals surface area contributed by atoms with Crippen molar-refractivity contribution in [3.05, 3.63) is 101 Å². The molecule has 0 radical (unpaired) electrons. The molecule has 0 bridgehead atoms. The Kier molecular flexibility index (Phi) is 6.21. The van der Waals surface area contributed by atoms with Crippen LogP contribution in [0.25, 0.3) is 0 Å². The fraction of sp³-hybridized carbons (Fsp3) is 0.136. The molecular formula is C22H20BrNO2. The summed E-state index contributed by atoms with van der Waals surface area (Å²) < 4.78 is 7.22. The van der Waals surface area contributed by atoms with E-state index in [2.05, 4.69) is 21.2 Å². The van der Waals surface area contributed by atoms with Gasteiger partial charge in [0.1, 0.15) is 17.9 Å². The molecule has 4 heteroatoms. The number of hydrogen-bond acceptors (Lipinski definition) is 3. The first-order chi connectivity index (χ1) is 12.7. The summed E-state index contributed by atoms with van der Waals surface area (Å²) in [5, 5.41) is 3.15. The quantitative estimate of drug-likeness (QED) is 0.555. The summed E-state index contributed by atoms with van der Waals surface area (Å²) in [5.41, 5.74) is 1.59. The normalized spacial score (nSPS) is 13.0. The highest BCUT2D eigenvalue weighted by Crippen LogP contribution is 2.28. The van der Waals surface area contributed by atoms with Crippen molar-refractivity contribution in [2.45, 2.75) is 12.1 Å². The van der Waals surface area contributed by atoms with Crippen molar-refractivity contribution in [2.24, 2.45) is 0 Å². The molecule has 0 heterocycles. The maximum absolute atomic E-state index is 13.1. The Morgan fingerprint density at radius 2 is 1.46 bits per heavy atom. The van der Waals surface area contributed by atoms with E-state index in [4.69, 9.17) is 4.74 Å². The van der Waals surface area contributed by atoms with E-state index in [0.717, 1.165) is 15.8 Å². The molecule has 0 fully saturated rings. The highest BCUT2D eigenvalue weighted by atomic mass is 79.9. The van der Waals surface area contributed by atoms with Crippen molar-refractivity contribution in [1.82, 2.24) is 5.32 Å². The zero-order valence-corrected chi connectivity index (χ0v) is 16.0. The van der Waals surface area contributed by atoms with Crippen LogP contribution in [0.3, 0.4) is 0 Å². The average Bonchev–Trinajstić information content (AvgIpc) is 2.70. The summed E-state index contributed by atoms with van der Waals surface area (Å²) >= 11 is 3.46. The second kappa shape index (κ2) is 8.79. The van der Waals surface area contributed by atoms with Crippen LogP contribution >= 0.6 is 15.9 Å². The van der Waals surface area contributed by atoms with Gasteiger partial charge in [0.25, 0.3) is 0 Å². The van der Waals surface area contributed by atoms with Crippen molar-refractivity contribution >= 4 is 21.7 Å². The number of hydrogen-bond donors (Lipinski definition) is 1. The van der Waals surface area contributed by atoms with Crippen LogP contribution in [-0.2, 0) is 0 Å². The molecule has 0 aliphatic carbocycles. The first-order valence-corrected chi connectivity index (χ1v) is 9.22. The predicted octanol–water partition coefficient (Wildman–Crippen LogP) is 5.04. The number of nitrogens with one attached hydrogen (secondary N) is 1. The first-order valence-electron chi connectivity index (χ1n) is 8.43. The molecule has 26 heavy (non-hydrogen) atoms. The molecule has 3 aromatic carbocycles. The van der Waals surface area contributed by atoms with Crippen LogP contribution in [0.15, 0.2) is 89.4 Å². The minimum absolute atomic E-state index is 0.00282. The second-order valence-corrected chi connectivity index (χ2v) is 6.82. The Labute approximate surface area is 162 Å². The fourth-order valence-corrected chi connectivity index (χ4v) is 3.09. The summed E-state index contributed by atoms with van der Waals surface area (Å²) in [7, 11) is 1.78. The molecule has 2 unspecified atom stereocenters. The molecule has 0 aromatic heterocycles. The van der Waals surface area contributed by atoms with E-state index in [0.29, 0.717) is 5.56 Å². The Hall–Kier alpha value is -2.43. The number of benzene rings is 3. The zero-order chi connectivity index (χ0) is 18.4. The van der Waals surface area contributed by atoms with Crippen LogP contribution in [0, 0.1) is 0 Å². The van der Waals surface area contributed by atoms with Gasteiger partial charge in [0.15, 0.2) is 5.78 Å². The average molecular weight is 410 g/mol. The second-order valence-electron chi connectivity index (χ2n) is 5.90. The number of Topliss-reactive ketones (excluding diaryl/α,β-unsaturated/α-hetero) is 1. The monoisotopic (exact) mass is 409 g/mol. The van der Waals surface area contributed by atoms with E-state index in [9.17, 15) is 4.79 Å². The van der Waals surface area contributed by atoms with Gasteiger partial charge in [-0.25, -0.2) is 0 Å². The third-order valence-electron chi connectivity index (χ3n) is 4.16. The van der Waals surface area contributed by atoms with Crippen LogP contribution in [0.4, 0.5) is 0 Å². The standard InChI is InChI=1S/C22H20BrNO2/c1-24-20(21(25)16-8-4-2-5-9-16)22(17-12-14-18(23)15-13-17)26-19-10-6-3-7-11-19/h2-15,20,22,24H,1H3. The van der Waals surface area contributed by atoms with Crippen LogP contribution in [-0.4, -0.2) is 18.9 Å². The van der Waals surface area contributed by atoms with Gasteiger partial charge in [0, 0.05) is 10.0 Å². The number of ketones is 1. The largest absolute Gasteiger partial charge is 0.484 e. The maximum Gasteiger partial charge on any atom is 0.183 e. The van der Waals surface area contributed by atoms with E-state index in [-0.39, 0.29) is 5.78 Å². The third-order valence-corrected chi connectivity index (χ3v) is 4.69. The lowest BCUT2D eigenvalue weighted by Crippen LogP contribution is -2.42. The van der Waals surface area contributed by atoms with Gasteiger partial charge in [0.05, 0.1) is 0 Å². The lowest BCUT2D eigenvalue weighted by Gasteiger charge is -2.27. The highest BCUT2D eigenvalue weighted by molar-refractivity contribution is 9.10. The Morgan fingerprint density at radius 1 is 0.885 bits per heavy atom. The van der Waals surface area contributed by atoms with Gasteiger partial charge in [-0.2, -0.15) is 0 Å². The van der Waals surface area contributed by atoms with Gasteiger partial charge >= 0.3 is 0 Å². The van der Waals surface area contributed by atoms with E-state index in [1.165, 1.54) is 0 Å². The van der Waals surface area contributed by atoms with Gasteiger partial charge in [-0.05, 0) is 36.9 Å². The molecule has 0 amide bonds. The summed E-state index contributed by atoms with van der Waals surface area (Å²) in [6, 6.07) is 26.2. The molecule has 0 saturated carbocycles. The summed E-state index contributed by atoms with van der Waals surface area (Å²) in [6.07, 6.45) is -0.455. The highest BCUT2D eigenvalue weighted by Gasteiger charge is 2.31. The number of carbonyl (C=O) groups excluding carboxylic acids is 1. The van der Waals surface area contributed by atoms with Gasteiger partial charge < -0.3 is 10.1 Å². The van der Waals surface area contributed by atoms with E-state index < -0.39 is 12.1 Å². The Balaban J connectivity index is 1.97. The predicted molar refractivity (Wildman–Crippen MR) is 108 cm³/mol. The van der Waals surface area contributed by atoms with E-state index >= 15 is 0 Å². The number of para-hydroxylation sites is 1. The van der Waals surface area contributed by atoms with Gasteiger partial charge in [-0.1, -0.05) is 76.6 Å². The van der Waals surface area contributed by atoms with Crippen molar-refractivity contribution in [3.8, 4) is 5.75 Å². The van der Waals surface area contributed by atoms with Crippen molar-refractivity contribution in [2.75, 3.05) is 7.05 Å². The number of halogens is 1. The zero-order valence-electron chi connectivity index (χ0n) is 14.4. The van der Waals surface area contributed by atoms with Crippen LogP contribution in [0.5, 0.6) is 5.75 Å². The molecule has 3 nitrogen and oxygen atoms in total. The van der Waals surface area contributed by atoms with Crippen LogP contribution in [0.1, 0.15) is 22.0 Å². The smallest absolute Gasteiger partial charge is 0.183 e. The van der Waals surface area contributed by atoms with Gasteiger partial charge in [0.2, 0.25) is 0 Å². The van der Waals surface area contributed by atoms with Gasteiger partial charge in [-0.15, -0.1) is 0 Å². The first kappa shape index (κ1) is 18.4. The molecule has 0 saturated heterocycles. The van der Waals surface area contributed by atoms with E-state index in [1.54, 1.807) is 7.05 Å². The van der Waals surface area contributed by atoms with Crippen molar-refractivity contribution < 1.29 is 9.53 Å². The Morgan fingerprint density at radius 3 is 2.04 bits per heavy atom. The SMILES string of the molecule is CNC(C(=O)c1ccccc1)C(Oc1ccccc1)c1ccc(Br)cc1. The minimum atomic E-state index is -0.515. The molecule has 0 spiro atoms. The van der Waals surface area contributed by atoms with Gasteiger partial charge in [-0.3, -0.25) is 4.79 Å². The number of carbonyl (C=O) groups is 1.